The summed E-state index contributed by atoms with van der Waals surface area (Å²) in [6, 6.07) is 5.92. The highest BCUT2D eigenvalue weighted by atomic mass is 32.2. The van der Waals surface area contributed by atoms with Crippen molar-refractivity contribution in [2.24, 2.45) is 0 Å². The molecule has 2 aromatic rings. The van der Waals surface area contributed by atoms with Crippen LogP contribution >= 0.6 is 11.8 Å². The molecule has 5 nitrogen and oxygen atoms in total. The van der Waals surface area contributed by atoms with E-state index in [0.717, 1.165) is 30.1 Å². The normalized spacial score (nSPS) is 18.5. The zero-order chi connectivity index (χ0) is 13.8. The number of hydrogen-bond donors (Lipinski definition) is 1. The highest BCUT2D eigenvalue weighted by Crippen LogP contribution is 2.18. The van der Waals surface area contributed by atoms with E-state index in [0.29, 0.717) is 12.3 Å². The first-order valence-corrected chi connectivity index (χ1v) is 7.75. The molecule has 1 atom stereocenters. The van der Waals surface area contributed by atoms with E-state index < -0.39 is 0 Å². The molecule has 106 valence electrons. The van der Waals surface area contributed by atoms with Gasteiger partial charge in [0, 0.05) is 19.3 Å². The van der Waals surface area contributed by atoms with Crippen LogP contribution < -0.4 is 5.32 Å². The van der Waals surface area contributed by atoms with Crippen LogP contribution in [0.4, 0.5) is 0 Å². The molecule has 0 spiro atoms. The molecule has 1 saturated heterocycles. The Kier molecular flexibility index (Phi) is 4.22. The van der Waals surface area contributed by atoms with Crippen LogP contribution in [0.1, 0.15) is 12.8 Å². The van der Waals surface area contributed by atoms with Crippen molar-refractivity contribution in [1.29, 1.82) is 0 Å². The lowest BCUT2D eigenvalue weighted by atomic mass is 10.2. The summed E-state index contributed by atoms with van der Waals surface area (Å²) in [5, 5.41) is 3.75. The van der Waals surface area contributed by atoms with Crippen molar-refractivity contribution in [3.05, 3.63) is 30.6 Å². The van der Waals surface area contributed by atoms with Gasteiger partial charge in [-0.05, 0) is 25.0 Å². The summed E-state index contributed by atoms with van der Waals surface area (Å²) in [6.45, 7) is 1.43. The van der Waals surface area contributed by atoms with Gasteiger partial charge in [-0.2, -0.15) is 0 Å². The van der Waals surface area contributed by atoms with E-state index in [1.54, 1.807) is 0 Å². The Morgan fingerprint density at radius 3 is 3.35 bits per heavy atom. The lowest BCUT2D eigenvalue weighted by Crippen LogP contribution is -2.32. The van der Waals surface area contributed by atoms with Gasteiger partial charge in [0.05, 0.1) is 23.6 Å². The first kappa shape index (κ1) is 13.5. The number of hydrogen-bond acceptors (Lipinski definition) is 4. The van der Waals surface area contributed by atoms with Crippen LogP contribution in [0.5, 0.6) is 0 Å². The molecule has 3 rings (SSSR count). The number of rotatable bonds is 5. The second-order valence-electron chi connectivity index (χ2n) is 4.76. The van der Waals surface area contributed by atoms with Crippen LogP contribution in [0.25, 0.3) is 5.52 Å². The Morgan fingerprint density at radius 1 is 1.55 bits per heavy atom. The van der Waals surface area contributed by atoms with Crippen molar-refractivity contribution >= 4 is 23.2 Å². The third-order valence-corrected chi connectivity index (χ3v) is 4.25. The number of amides is 1. The first-order chi connectivity index (χ1) is 9.83. The lowest BCUT2D eigenvalue weighted by Gasteiger charge is -2.10. The van der Waals surface area contributed by atoms with Gasteiger partial charge in [0.1, 0.15) is 0 Å². The van der Waals surface area contributed by atoms with E-state index in [1.165, 1.54) is 11.8 Å². The quantitative estimate of drug-likeness (QED) is 0.852. The first-order valence-electron chi connectivity index (χ1n) is 6.76. The predicted molar refractivity (Wildman–Crippen MR) is 77.9 cm³/mol. The van der Waals surface area contributed by atoms with Gasteiger partial charge in [-0.1, -0.05) is 17.8 Å². The summed E-state index contributed by atoms with van der Waals surface area (Å²) in [6.07, 6.45) is 6.09. The average molecular weight is 291 g/mol. The van der Waals surface area contributed by atoms with E-state index in [9.17, 15) is 4.79 Å². The van der Waals surface area contributed by atoms with Gasteiger partial charge in [0.15, 0.2) is 5.16 Å². The van der Waals surface area contributed by atoms with Gasteiger partial charge >= 0.3 is 0 Å². The number of fused-ring (bicyclic) bond motifs is 1. The second kappa shape index (κ2) is 6.28. The molecule has 3 heterocycles. The number of aromatic nitrogens is 2. The number of imidazole rings is 1. The molecular weight excluding hydrogens is 274 g/mol. The molecule has 1 fully saturated rings. The maximum Gasteiger partial charge on any atom is 0.230 e. The molecule has 0 bridgehead atoms. The minimum atomic E-state index is 0.0261. The smallest absolute Gasteiger partial charge is 0.230 e. The van der Waals surface area contributed by atoms with E-state index in [-0.39, 0.29) is 12.0 Å². The fourth-order valence-electron chi connectivity index (χ4n) is 2.24. The second-order valence-corrected chi connectivity index (χ2v) is 5.71. The molecule has 6 heteroatoms. The molecule has 0 aliphatic carbocycles. The van der Waals surface area contributed by atoms with Gasteiger partial charge in [0.2, 0.25) is 5.91 Å². The molecule has 20 heavy (non-hydrogen) atoms. The summed E-state index contributed by atoms with van der Waals surface area (Å²) in [7, 11) is 0. The maximum absolute atomic E-state index is 11.8. The van der Waals surface area contributed by atoms with Gasteiger partial charge in [0.25, 0.3) is 0 Å². The topological polar surface area (TPSA) is 55.6 Å². The minimum absolute atomic E-state index is 0.0261. The minimum Gasteiger partial charge on any atom is -0.376 e. The number of nitrogens with zero attached hydrogens (tertiary/aromatic N) is 2. The molecule has 1 aliphatic heterocycles. The standard InChI is InChI=1S/C14H17N3O2S/c18-13(15-9-12-5-3-7-19-12)10-20-14-16-8-11-4-1-2-6-17(11)14/h1-2,4,6,8,12H,3,5,7,9-10H2,(H,15,18)/t12-/m1/s1. The molecular formula is C14H17N3O2S. The number of ether oxygens (including phenoxy) is 1. The molecule has 0 saturated carbocycles. The zero-order valence-corrected chi connectivity index (χ0v) is 11.9. The Hall–Kier alpha value is -1.53. The van der Waals surface area contributed by atoms with Crippen molar-refractivity contribution in [3.8, 4) is 0 Å². The SMILES string of the molecule is O=C(CSc1ncc2ccccn12)NC[C@H]1CCCO1. The summed E-state index contributed by atoms with van der Waals surface area (Å²) >= 11 is 1.45. The molecule has 1 N–H and O–H groups in total. The Morgan fingerprint density at radius 2 is 2.50 bits per heavy atom. The fourth-order valence-corrected chi connectivity index (χ4v) is 3.04. The van der Waals surface area contributed by atoms with Crippen LogP contribution in [-0.4, -0.2) is 40.3 Å². The third kappa shape index (κ3) is 3.13. The monoisotopic (exact) mass is 291 g/mol. The van der Waals surface area contributed by atoms with Crippen molar-refractivity contribution < 1.29 is 9.53 Å². The number of nitrogens with one attached hydrogen (secondary N) is 1. The summed E-state index contributed by atoms with van der Waals surface area (Å²) in [5.41, 5.74) is 1.04. The number of thioether (sulfide) groups is 1. The van der Waals surface area contributed by atoms with Gasteiger partial charge < -0.3 is 10.1 Å². The van der Waals surface area contributed by atoms with Crippen molar-refractivity contribution in [1.82, 2.24) is 14.7 Å². The lowest BCUT2D eigenvalue weighted by molar-refractivity contribution is -0.119. The third-order valence-electron chi connectivity index (χ3n) is 3.29. The van der Waals surface area contributed by atoms with Crippen LogP contribution in [0.3, 0.4) is 0 Å². The Labute approximate surface area is 121 Å². The largest absolute Gasteiger partial charge is 0.376 e. The van der Waals surface area contributed by atoms with Crippen LogP contribution in [0.2, 0.25) is 0 Å². The van der Waals surface area contributed by atoms with Crippen molar-refractivity contribution in [2.45, 2.75) is 24.1 Å². The highest BCUT2D eigenvalue weighted by molar-refractivity contribution is 7.99. The Balaban J connectivity index is 1.49. The number of pyridine rings is 1. The number of carbonyl (C=O) groups excluding carboxylic acids is 1. The van der Waals surface area contributed by atoms with Crippen LogP contribution in [-0.2, 0) is 9.53 Å². The predicted octanol–water partition coefficient (Wildman–Crippen LogP) is 1.72. The average Bonchev–Trinajstić information content (AvgIpc) is 3.12. The zero-order valence-electron chi connectivity index (χ0n) is 11.1. The molecule has 0 radical (unpaired) electrons. The van der Waals surface area contributed by atoms with E-state index >= 15 is 0 Å². The van der Waals surface area contributed by atoms with Gasteiger partial charge in [-0.25, -0.2) is 4.98 Å². The summed E-state index contributed by atoms with van der Waals surface area (Å²) in [4.78, 5) is 16.1. The van der Waals surface area contributed by atoms with Crippen LogP contribution in [0.15, 0.2) is 35.7 Å². The van der Waals surface area contributed by atoms with Crippen molar-refractivity contribution in [2.75, 3.05) is 18.9 Å². The van der Waals surface area contributed by atoms with E-state index in [2.05, 4.69) is 10.3 Å². The van der Waals surface area contributed by atoms with Gasteiger partial charge in [-0.15, -0.1) is 0 Å². The van der Waals surface area contributed by atoms with E-state index in [1.807, 2.05) is 35.0 Å². The van der Waals surface area contributed by atoms with Crippen LogP contribution in [0, 0.1) is 0 Å². The number of carbonyl (C=O) groups is 1. The molecule has 0 aromatic carbocycles. The summed E-state index contributed by atoms with van der Waals surface area (Å²) < 4.78 is 7.46. The highest BCUT2D eigenvalue weighted by Gasteiger charge is 2.16. The molecule has 1 amide bonds. The van der Waals surface area contributed by atoms with E-state index in [4.69, 9.17) is 4.74 Å². The maximum atomic E-state index is 11.8. The fraction of sp³-hybridized carbons (Fsp3) is 0.429. The molecule has 2 aromatic heterocycles. The molecule has 0 unspecified atom stereocenters. The van der Waals surface area contributed by atoms with Crippen molar-refractivity contribution in [3.63, 3.8) is 0 Å². The van der Waals surface area contributed by atoms with Gasteiger partial charge in [-0.3, -0.25) is 9.20 Å². The summed E-state index contributed by atoms with van der Waals surface area (Å²) in [5.74, 6) is 0.402. The molecule has 1 aliphatic rings. The Bertz CT molecular complexity index is 593.